The fraction of sp³-hybridized carbons (Fsp3) is 0.600. The molecular formula is C20H29N3O3. The maximum Gasteiger partial charge on any atom is 0.260 e. The molecule has 0 aromatic carbocycles. The van der Waals surface area contributed by atoms with Crippen molar-refractivity contribution in [3.63, 3.8) is 0 Å². The van der Waals surface area contributed by atoms with Gasteiger partial charge in [-0.2, -0.15) is 0 Å². The summed E-state index contributed by atoms with van der Waals surface area (Å²) in [6.45, 7) is 4.90. The summed E-state index contributed by atoms with van der Waals surface area (Å²) in [5, 5.41) is 3.61. The van der Waals surface area contributed by atoms with Crippen molar-refractivity contribution < 1.29 is 9.53 Å². The molecule has 1 aliphatic rings. The minimum Gasteiger partial charge on any atom is -0.378 e. The summed E-state index contributed by atoms with van der Waals surface area (Å²) in [4.78, 5) is 25.5. The van der Waals surface area contributed by atoms with Crippen LogP contribution in [0.5, 0.6) is 0 Å². The highest BCUT2D eigenvalue weighted by atomic mass is 16.5. The number of pyridine rings is 1. The maximum absolute atomic E-state index is 12.9. The summed E-state index contributed by atoms with van der Waals surface area (Å²) < 4.78 is 9.29. The van der Waals surface area contributed by atoms with Crippen LogP contribution in [0.1, 0.15) is 54.9 Å². The molecule has 0 bridgehead atoms. The Balaban J connectivity index is 1.76. The van der Waals surface area contributed by atoms with E-state index in [0.717, 1.165) is 49.8 Å². The predicted molar refractivity (Wildman–Crippen MR) is 103 cm³/mol. The average molecular weight is 359 g/mol. The first-order valence-electron chi connectivity index (χ1n) is 9.50. The van der Waals surface area contributed by atoms with E-state index < -0.39 is 0 Å². The van der Waals surface area contributed by atoms with Crippen LogP contribution in [0, 0.1) is 6.92 Å². The quantitative estimate of drug-likeness (QED) is 0.807. The van der Waals surface area contributed by atoms with Crippen LogP contribution in [-0.4, -0.2) is 33.8 Å². The van der Waals surface area contributed by atoms with E-state index in [-0.39, 0.29) is 23.6 Å². The number of amides is 1. The number of nitrogens with one attached hydrogen (secondary N) is 1. The third-order valence-electron chi connectivity index (χ3n) is 5.29. The average Bonchev–Trinajstić information content (AvgIpc) is 3.17. The van der Waals surface area contributed by atoms with E-state index >= 15 is 0 Å². The monoisotopic (exact) mass is 359 g/mol. The Hall–Kier alpha value is -2.08. The second kappa shape index (κ2) is 7.66. The standard InChI is InChI=1S/C20H29N3O3/c1-5-6-9-26-15-8-7-14(10-15)21-19(24)16-12-22(3)18-13(2)11-23(4)20(25)17(16)18/h11-12,14-15H,5-10H2,1-4H3,(H,21,24)/t14-,15+/m0/s1. The number of aromatic nitrogens is 2. The van der Waals surface area contributed by atoms with Crippen LogP contribution in [0.15, 0.2) is 17.2 Å². The van der Waals surface area contributed by atoms with Crippen molar-refractivity contribution in [3.05, 3.63) is 33.9 Å². The first-order chi connectivity index (χ1) is 12.4. The van der Waals surface area contributed by atoms with E-state index in [0.29, 0.717) is 10.9 Å². The smallest absolute Gasteiger partial charge is 0.260 e. The predicted octanol–water partition coefficient (Wildman–Crippen LogP) is 2.65. The highest BCUT2D eigenvalue weighted by molar-refractivity contribution is 6.07. The summed E-state index contributed by atoms with van der Waals surface area (Å²) in [5.41, 5.74) is 2.13. The summed E-state index contributed by atoms with van der Waals surface area (Å²) in [5.74, 6) is -0.169. The number of unbranched alkanes of at least 4 members (excludes halogenated alkanes) is 1. The van der Waals surface area contributed by atoms with Crippen LogP contribution >= 0.6 is 0 Å². The van der Waals surface area contributed by atoms with Crippen molar-refractivity contribution in [2.45, 2.75) is 58.1 Å². The molecule has 2 aromatic heterocycles. The molecular weight excluding hydrogens is 330 g/mol. The zero-order chi connectivity index (χ0) is 18.8. The molecule has 1 aliphatic carbocycles. The molecule has 2 atom stereocenters. The Morgan fingerprint density at radius 2 is 2.04 bits per heavy atom. The molecule has 2 heterocycles. The Labute approximate surface area is 154 Å². The molecule has 6 heteroatoms. The van der Waals surface area contributed by atoms with Crippen molar-refractivity contribution in [2.75, 3.05) is 6.61 Å². The molecule has 1 fully saturated rings. The van der Waals surface area contributed by atoms with E-state index in [4.69, 9.17) is 4.74 Å². The molecule has 0 saturated heterocycles. The number of rotatable bonds is 6. The third kappa shape index (κ3) is 3.56. The van der Waals surface area contributed by atoms with Gasteiger partial charge in [-0.25, -0.2) is 0 Å². The minimum atomic E-state index is -0.169. The van der Waals surface area contributed by atoms with Crippen LogP contribution in [-0.2, 0) is 18.8 Å². The lowest BCUT2D eigenvalue weighted by molar-refractivity contribution is 0.0546. The zero-order valence-electron chi connectivity index (χ0n) is 16.2. The van der Waals surface area contributed by atoms with Crippen LogP contribution in [0.4, 0.5) is 0 Å². The van der Waals surface area contributed by atoms with Crippen LogP contribution < -0.4 is 10.9 Å². The third-order valence-corrected chi connectivity index (χ3v) is 5.29. The molecule has 0 radical (unpaired) electrons. The number of fused-ring (bicyclic) bond motifs is 1. The van der Waals surface area contributed by atoms with Gasteiger partial charge in [0.25, 0.3) is 11.5 Å². The Bertz CT molecular complexity index is 865. The second-order valence-corrected chi connectivity index (χ2v) is 7.44. The summed E-state index contributed by atoms with van der Waals surface area (Å²) >= 11 is 0. The van der Waals surface area contributed by atoms with Crippen LogP contribution in [0.2, 0.25) is 0 Å². The van der Waals surface area contributed by atoms with Crippen LogP contribution in [0.3, 0.4) is 0 Å². The number of hydrogen-bond donors (Lipinski definition) is 1. The van der Waals surface area contributed by atoms with Gasteiger partial charge in [0.05, 0.1) is 22.6 Å². The van der Waals surface area contributed by atoms with Gasteiger partial charge in [0, 0.05) is 39.1 Å². The van der Waals surface area contributed by atoms with Crippen molar-refractivity contribution >= 4 is 16.8 Å². The van der Waals surface area contributed by atoms with Gasteiger partial charge in [0.15, 0.2) is 0 Å². The lowest BCUT2D eigenvalue weighted by Gasteiger charge is -2.14. The molecule has 0 unspecified atom stereocenters. The first kappa shape index (κ1) is 18.7. The molecule has 142 valence electrons. The number of carbonyl (C=O) groups is 1. The van der Waals surface area contributed by atoms with E-state index in [1.54, 1.807) is 17.8 Å². The largest absolute Gasteiger partial charge is 0.378 e. The van der Waals surface area contributed by atoms with Gasteiger partial charge >= 0.3 is 0 Å². The van der Waals surface area contributed by atoms with E-state index in [9.17, 15) is 9.59 Å². The summed E-state index contributed by atoms with van der Waals surface area (Å²) in [6, 6.07) is 0.109. The van der Waals surface area contributed by atoms with Gasteiger partial charge in [-0.1, -0.05) is 13.3 Å². The second-order valence-electron chi connectivity index (χ2n) is 7.44. The van der Waals surface area contributed by atoms with Crippen molar-refractivity contribution in [1.29, 1.82) is 0 Å². The minimum absolute atomic E-state index is 0.109. The Morgan fingerprint density at radius 1 is 1.27 bits per heavy atom. The molecule has 0 spiro atoms. The Kier molecular flexibility index (Phi) is 5.51. The first-order valence-corrected chi connectivity index (χ1v) is 9.50. The highest BCUT2D eigenvalue weighted by Crippen LogP contribution is 2.24. The molecule has 3 rings (SSSR count). The number of nitrogens with zero attached hydrogens (tertiary/aromatic N) is 2. The highest BCUT2D eigenvalue weighted by Gasteiger charge is 2.28. The van der Waals surface area contributed by atoms with Crippen molar-refractivity contribution in [1.82, 2.24) is 14.5 Å². The SMILES string of the molecule is CCCCO[C@@H]1CC[C@H](NC(=O)c2cn(C)c3c(C)cn(C)c(=O)c23)C1. The van der Waals surface area contributed by atoms with Crippen molar-refractivity contribution in [3.8, 4) is 0 Å². The van der Waals surface area contributed by atoms with Gasteiger partial charge in [0.1, 0.15) is 0 Å². The lowest BCUT2D eigenvalue weighted by atomic mass is 10.1. The van der Waals surface area contributed by atoms with Gasteiger partial charge in [-0.05, 0) is 38.2 Å². The molecule has 6 nitrogen and oxygen atoms in total. The maximum atomic E-state index is 12.9. The fourth-order valence-corrected chi connectivity index (χ4v) is 3.96. The molecule has 1 N–H and O–H groups in total. The number of carbonyl (C=O) groups excluding carboxylic acids is 1. The van der Waals surface area contributed by atoms with Gasteiger partial charge in [-0.15, -0.1) is 0 Å². The number of hydrogen-bond acceptors (Lipinski definition) is 3. The number of aryl methyl sites for hydroxylation is 3. The molecule has 2 aromatic rings. The van der Waals surface area contributed by atoms with Crippen LogP contribution in [0.25, 0.3) is 10.9 Å². The molecule has 0 aliphatic heterocycles. The van der Waals surface area contributed by atoms with Crippen molar-refractivity contribution in [2.24, 2.45) is 14.1 Å². The van der Waals surface area contributed by atoms with E-state index in [1.165, 1.54) is 0 Å². The molecule has 1 amide bonds. The fourth-order valence-electron chi connectivity index (χ4n) is 3.96. The topological polar surface area (TPSA) is 65.3 Å². The summed E-state index contributed by atoms with van der Waals surface area (Å²) in [7, 11) is 3.59. The summed E-state index contributed by atoms with van der Waals surface area (Å²) in [6.07, 6.45) is 8.75. The van der Waals surface area contributed by atoms with Gasteiger partial charge < -0.3 is 19.2 Å². The molecule has 1 saturated carbocycles. The lowest BCUT2D eigenvalue weighted by Crippen LogP contribution is -2.34. The number of ether oxygens (including phenoxy) is 1. The van der Waals surface area contributed by atoms with Gasteiger partial charge in [0.2, 0.25) is 0 Å². The van der Waals surface area contributed by atoms with E-state index in [2.05, 4.69) is 12.2 Å². The normalized spacial score (nSPS) is 20.0. The van der Waals surface area contributed by atoms with Gasteiger partial charge in [-0.3, -0.25) is 9.59 Å². The Morgan fingerprint density at radius 3 is 2.77 bits per heavy atom. The van der Waals surface area contributed by atoms with E-state index in [1.807, 2.05) is 24.7 Å². The molecule has 26 heavy (non-hydrogen) atoms. The zero-order valence-corrected chi connectivity index (χ0v) is 16.2.